The summed E-state index contributed by atoms with van der Waals surface area (Å²) in [5.41, 5.74) is 2.04. The van der Waals surface area contributed by atoms with Gasteiger partial charge in [-0.1, -0.05) is 24.1 Å². The van der Waals surface area contributed by atoms with Gasteiger partial charge in [0.05, 0.1) is 22.7 Å². The number of hydrogen-bond acceptors (Lipinski definition) is 5. The Bertz CT molecular complexity index is 944. The van der Waals surface area contributed by atoms with E-state index in [9.17, 15) is 9.35 Å². The molecule has 0 saturated carbocycles. The molecule has 0 aromatic heterocycles. The molecule has 6 nitrogen and oxygen atoms in total. The first kappa shape index (κ1) is 24.4. The van der Waals surface area contributed by atoms with Crippen molar-refractivity contribution < 1.29 is 9.35 Å². The zero-order chi connectivity index (χ0) is 23.2. The molecule has 8 heteroatoms. The molecule has 3 N–H and O–H groups in total. The third-order valence-corrected chi connectivity index (χ3v) is 7.75. The van der Waals surface area contributed by atoms with Crippen molar-refractivity contribution in [3.05, 3.63) is 53.1 Å². The quantitative estimate of drug-likeness (QED) is 0.553. The first-order valence-electron chi connectivity index (χ1n) is 11.8. The normalized spacial score (nSPS) is 18.8. The van der Waals surface area contributed by atoms with Crippen molar-refractivity contribution in [1.29, 1.82) is 0 Å². The molecule has 2 aliphatic rings. The van der Waals surface area contributed by atoms with E-state index in [-0.39, 0.29) is 5.91 Å². The predicted molar refractivity (Wildman–Crippen MR) is 136 cm³/mol. The number of nitrogens with zero attached hydrogens (tertiary/aromatic N) is 2. The lowest BCUT2D eigenvalue weighted by molar-refractivity contribution is 0.102. The molecule has 178 valence electrons. The minimum absolute atomic E-state index is 0.255. The lowest BCUT2D eigenvalue weighted by Gasteiger charge is -2.36. The number of benzene rings is 2. The summed E-state index contributed by atoms with van der Waals surface area (Å²) >= 11 is 4.43. The smallest absolute Gasteiger partial charge is 0.255 e. The summed E-state index contributed by atoms with van der Waals surface area (Å²) in [5, 5.41) is 9.11. The molecule has 33 heavy (non-hydrogen) atoms. The largest absolute Gasteiger partial charge is 0.593 e. The average molecular weight is 489 g/mol. The molecule has 1 atom stereocenters. The summed E-state index contributed by atoms with van der Waals surface area (Å²) in [4.78, 5) is 18.3. The van der Waals surface area contributed by atoms with Gasteiger partial charge in [-0.2, -0.15) is 0 Å². The molecule has 0 bridgehead atoms. The molecular formula is C25H33ClN4O2S. The molecule has 1 amide bonds. The van der Waals surface area contributed by atoms with Gasteiger partial charge in [0.2, 0.25) is 0 Å². The van der Waals surface area contributed by atoms with Crippen molar-refractivity contribution in [1.82, 2.24) is 4.90 Å². The Morgan fingerprint density at radius 3 is 2.55 bits per heavy atom. The van der Waals surface area contributed by atoms with Crippen molar-refractivity contribution in [3.63, 3.8) is 0 Å². The molecule has 0 aliphatic carbocycles. The second-order valence-corrected chi connectivity index (χ2v) is 10.6. The van der Waals surface area contributed by atoms with Gasteiger partial charge in [0.1, 0.15) is 0 Å². The van der Waals surface area contributed by atoms with E-state index >= 15 is 0 Å². The molecule has 2 fully saturated rings. The highest BCUT2D eigenvalue weighted by Gasteiger charge is 2.24. The van der Waals surface area contributed by atoms with E-state index in [0.717, 1.165) is 37.5 Å². The molecular weight excluding hydrogens is 456 g/mol. The van der Waals surface area contributed by atoms with Gasteiger partial charge in [-0.15, -0.1) is 5.14 Å². The Labute approximate surface area is 204 Å². The zero-order valence-electron chi connectivity index (χ0n) is 19.0. The van der Waals surface area contributed by atoms with E-state index in [1.54, 1.807) is 36.4 Å². The van der Waals surface area contributed by atoms with Crippen molar-refractivity contribution in [3.8, 4) is 0 Å². The van der Waals surface area contributed by atoms with Crippen LogP contribution in [0, 0.1) is 5.92 Å². The van der Waals surface area contributed by atoms with Crippen LogP contribution >= 0.6 is 11.6 Å². The van der Waals surface area contributed by atoms with E-state index in [0.29, 0.717) is 21.2 Å². The minimum atomic E-state index is -1.62. The van der Waals surface area contributed by atoms with Crippen LogP contribution in [0.1, 0.15) is 48.9 Å². The van der Waals surface area contributed by atoms with Crippen LogP contribution in [-0.4, -0.2) is 48.1 Å². The number of nitrogens with one attached hydrogen (secondary N) is 1. The third-order valence-electron chi connectivity index (χ3n) is 6.79. The van der Waals surface area contributed by atoms with E-state index in [1.165, 1.54) is 45.3 Å². The molecule has 4 rings (SSSR count). The topological polar surface area (TPSA) is 84.7 Å². The third kappa shape index (κ3) is 6.64. The summed E-state index contributed by atoms with van der Waals surface area (Å²) < 4.78 is 11.9. The standard InChI is InChI=1S/C25H33ClN4O2S/c26-21-6-4-5-20(17-21)25(31)28-23-18-22(33(27)32)7-8-24(23)30-15-10-19(11-16-30)9-14-29-12-2-1-3-13-29/h4-8,17-19H,1-3,9-16,27H2,(H,28,31). The average Bonchev–Trinajstić information content (AvgIpc) is 2.83. The molecule has 2 aromatic carbocycles. The first-order chi connectivity index (χ1) is 16.0. The van der Waals surface area contributed by atoms with Crippen LogP contribution < -0.4 is 15.4 Å². The number of halogens is 1. The highest BCUT2D eigenvalue weighted by Crippen LogP contribution is 2.33. The maximum Gasteiger partial charge on any atom is 0.255 e. The Balaban J connectivity index is 1.42. The minimum Gasteiger partial charge on any atom is -0.593 e. The van der Waals surface area contributed by atoms with Crippen molar-refractivity contribution in [2.45, 2.75) is 43.4 Å². The Morgan fingerprint density at radius 2 is 1.85 bits per heavy atom. The van der Waals surface area contributed by atoms with E-state index in [4.69, 9.17) is 16.7 Å². The van der Waals surface area contributed by atoms with Gasteiger partial charge in [-0.25, -0.2) is 0 Å². The van der Waals surface area contributed by atoms with Crippen LogP contribution in [0.4, 0.5) is 11.4 Å². The SMILES string of the molecule is N[S+]([O-])c1ccc(N2CCC(CCN3CCCCC3)CC2)c(NC(=O)c2cccc(Cl)c2)c1. The van der Waals surface area contributed by atoms with Gasteiger partial charge in [0.15, 0.2) is 4.90 Å². The maximum atomic E-state index is 12.9. The first-order valence-corrected chi connectivity index (χ1v) is 13.4. The summed E-state index contributed by atoms with van der Waals surface area (Å²) in [6.07, 6.45) is 7.59. The highest BCUT2D eigenvalue weighted by molar-refractivity contribution is 7.89. The summed E-state index contributed by atoms with van der Waals surface area (Å²) in [6.45, 7) is 5.60. The number of amides is 1. The molecule has 2 saturated heterocycles. The Kier molecular flexibility index (Phi) is 8.55. The second kappa shape index (κ2) is 11.6. The number of nitrogens with two attached hydrogens (primary N) is 1. The molecule has 2 aliphatic heterocycles. The molecule has 2 heterocycles. The number of anilines is 2. The number of rotatable bonds is 7. The van der Waals surface area contributed by atoms with Gasteiger partial charge in [0, 0.05) is 29.7 Å². The van der Waals surface area contributed by atoms with Gasteiger partial charge >= 0.3 is 0 Å². The van der Waals surface area contributed by atoms with Crippen LogP contribution in [0.15, 0.2) is 47.4 Å². The fraction of sp³-hybridized carbons (Fsp3) is 0.480. The fourth-order valence-corrected chi connectivity index (χ4v) is 5.48. The van der Waals surface area contributed by atoms with Gasteiger partial charge in [-0.05, 0) is 88.0 Å². The van der Waals surface area contributed by atoms with E-state index < -0.39 is 11.4 Å². The molecule has 0 radical (unpaired) electrons. The monoisotopic (exact) mass is 488 g/mol. The van der Waals surface area contributed by atoms with Gasteiger partial charge < -0.3 is 19.7 Å². The van der Waals surface area contributed by atoms with E-state index in [2.05, 4.69) is 15.1 Å². The van der Waals surface area contributed by atoms with Gasteiger partial charge in [-0.3, -0.25) is 4.79 Å². The summed E-state index contributed by atoms with van der Waals surface area (Å²) in [6, 6.07) is 12.3. The van der Waals surface area contributed by atoms with Crippen molar-refractivity contribution in [2.24, 2.45) is 11.1 Å². The molecule has 1 unspecified atom stereocenters. The Morgan fingerprint density at radius 1 is 1.09 bits per heavy atom. The second-order valence-electron chi connectivity index (χ2n) is 9.06. The number of likely N-dealkylation sites (tertiary alicyclic amines) is 1. The lowest BCUT2D eigenvalue weighted by Crippen LogP contribution is -2.36. The maximum absolute atomic E-state index is 12.9. The van der Waals surface area contributed by atoms with E-state index in [1.807, 2.05) is 6.07 Å². The number of piperidine rings is 2. The van der Waals surface area contributed by atoms with Crippen LogP contribution in [0.25, 0.3) is 0 Å². The van der Waals surface area contributed by atoms with Crippen LogP contribution in [0.2, 0.25) is 5.02 Å². The summed E-state index contributed by atoms with van der Waals surface area (Å²) in [5.74, 6) is 0.485. The van der Waals surface area contributed by atoms with Crippen molar-refractivity contribution in [2.75, 3.05) is 42.9 Å². The number of hydrogen-bond donors (Lipinski definition) is 2. The van der Waals surface area contributed by atoms with Crippen molar-refractivity contribution >= 4 is 40.2 Å². The van der Waals surface area contributed by atoms with Crippen LogP contribution in [0.3, 0.4) is 0 Å². The molecule has 0 spiro atoms. The van der Waals surface area contributed by atoms with Crippen LogP contribution in [-0.2, 0) is 11.4 Å². The fourth-order valence-electron chi connectivity index (χ4n) is 4.85. The molecule has 2 aromatic rings. The Hall–Kier alpha value is -1.77. The van der Waals surface area contributed by atoms with Gasteiger partial charge in [0.25, 0.3) is 5.91 Å². The number of carbonyl (C=O) groups excluding carboxylic acids is 1. The summed E-state index contributed by atoms with van der Waals surface area (Å²) in [7, 11) is 0. The zero-order valence-corrected chi connectivity index (χ0v) is 20.5. The predicted octanol–water partition coefficient (Wildman–Crippen LogP) is 4.67. The lowest BCUT2D eigenvalue weighted by atomic mass is 9.92. The number of carbonyl (C=O) groups is 1. The van der Waals surface area contributed by atoms with Crippen LogP contribution in [0.5, 0.6) is 0 Å². The highest BCUT2D eigenvalue weighted by atomic mass is 35.5.